The summed E-state index contributed by atoms with van der Waals surface area (Å²) >= 11 is 0. The Hall–Kier alpha value is -3.08. The first-order chi connectivity index (χ1) is 10.2. The molecule has 3 aromatic rings. The van der Waals surface area contributed by atoms with Crippen LogP contribution in [0.25, 0.3) is 23.2 Å². The summed E-state index contributed by atoms with van der Waals surface area (Å²) < 4.78 is 0. The van der Waals surface area contributed by atoms with E-state index in [-0.39, 0.29) is 5.88 Å². The molecule has 0 amide bonds. The summed E-state index contributed by atoms with van der Waals surface area (Å²) in [4.78, 5) is 2.92. The minimum atomic E-state index is 0.108. The molecule has 4 rings (SSSR count). The van der Waals surface area contributed by atoms with Gasteiger partial charge in [-0.2, -0.15) is 10.2 Å². The van der Waals surface area contributed by atoms with Gasteiger partial charge in [-0.05, 0) is 23.4 Å². The van der Waals surface area contributed by atoms with Crippen LogP contribution in [0.4, 0.5) is 11.4 Å². The van der Waals surface area contributed by atoms with Crippen LogP contribution < -0.4 is 16.2 Å². The zero-order valence-electron chi connectivity index (χ0n) is 11.0. The number of fused-ring (bicyclic) bond motifs is 2. The maximum atomic E-state index is 10.1. The van der Waals surface area contributed by atoms with E-state index < -0.39 is 0 Å². The molecule has 0 aliphatic carbocycles. The molecule has 2 aromatic carbocycles. The number of nitrogens with two attached hydrogens (primary N) is 1. The number of hydrogen-bond donors (Lipinski definition) is 3. The highest BCUT2D eigenvalue weighted by Crippen LogP contribution is 2.30. The second kappa shape index (κ2) is 4.21. The van der Waals surface area contributed by atoms with Crippen molar-refractivity contribution >= 4 is 34.6 Å². The number of para-hydroxylation sites is 1. The fourth-order valence-corrected chi connectivity index (χ4v) is 2.56. The van der Waals surface area contributed by atoms with Gasteiger partial charge in [0.1, 0.15) is 0 Å². The standard InChI is InChI=1S/C16H12N4O/c17-13-3-1-2-11-12(16(21)19-15(11)13)6-9-4-5-10-8-18-20-14(10)7-9/h1-8,19,21H,17H2. The third-order valence-corrected chi connectivity index (χ3v) is 3.61. The van der Waals surface area contributed by atoms with Gasteiger partial charge in [-0.3, -0.25) is 0 Å². The number of benzene rings is 2. The first-order valence-corrected chi connectivity index (χ1v) is 6.54. The molecule has 5 heteroatoms. The summed E-state index contributed by atoms with van der Waals surface area (Å²) in [5, 5.41) is 20.9. The van der Waals surface area contributed by atoms with Crippen molar-refractivity contribution < 1.29 is 5.11 Å². The Bertz CT molecular complexity index is 1010. The van der Waals surface area contributed by atoms with Crippen LogP contribution in [0.1, 0.15) is 5.56 Å². The fourth-order valence-electron chi connectivity index (χ4n) is 2.56. The van der Waals surface area contributed by atoms with Gasteiger partial charge in [-0.1, -0.05) is 24.3 Å². The van der Waals surface area contributed by atoms with Gasteiger partial charge in [-0.15, -0.1) is 0 Å². The van der Waals surface area contributed by atoms with Gasteiger partial charge in [0.05, 0.1) is 23.1 Å². The zero-order valence-corrected chi connectivity index (χ0v) is 11.0. The van der Waals surface area contributed by atoms with Crippen LogP contribution in [0.3, 0.4) is 0 Å². The lowest BCUT2D eigenvalue weighted by molar-refractivity contribution is 0.457. The lowest BCUT2D eigenvalue weighted by Crippen LogP contribution is -2.06. The molecule has 0 fully saturated rings. The molecule has 102 valence electrons. The van der Waals surface area contributed by atoms with Crippen LogP contribution in [0.15, 0.2) is 46.6 Å². The maximum absolute atomic E-state index is 10.1. The molecule has 0 radical (unpaired) electrons. The molecule has 4 N–H and O–H groups in total. The normalized spacial score (nSPS) is 13.6. The average Bonchev–Trinajstić information content (AvgIpc) is 3.05. The van der Waals surface area contributed by atoms with Gasteiger partial charge in [0.15, 0.2) is 5.88 Å². The molecular formula is C16H12N4O. The third kappa shape index (κ3) is 1.79. The largest absolute Gasteiger partial charge is 0.494 e. The van der Waals surface area contributed by atoms with E-state index in [9.17, 15) is 5.11 Å². The Kier molecular flexibility index (Phi) is 2.35. The van der Waals surface area contributed by atoms with Crippen LogP contribution in [-0.4, -0.2) is 10.1 Å². The van der Waals surface area contributed by atoms with Gasteiger partial charge < -0.3 is 15.8 Å². The van der Waals surface area contributed by atoms with Crippen molar-refractivity contribution in [2.75, 3.05) is 5.73 Å². The van der Waals surface area contributed by atoms with E-state index in [2.05, 4.69) is 15.2 Å². The molecular weight excluding hydrogens is 264 g/mol. The molecule has 1 aromatic heterocycles. The van der Waals surface area contributed by atoms with Gasteiger partial charge in [0.2, 0.25) is 0 Å². The molecule has 0 spiro atoms. The van der Waals surface area contributed by atoms with E-state index in [0.29, 0.717) is 5.69 Å². The second-order valence-electron chi connectivity index (χ2n) is 4.96. The SMILES string of the molecule is Nc1cccc2c(C=c3ccc4c(c3)N=NC=4)c(O)[nH]c12. The van der Waals surface area contributed by atoms with Crippen molar-refractivity contribution in [2.24, 2.45) is 10.2 Å². The van der Waals surface area contributed by atoms with E-state index in [1.807, 2.05) is 36.4 Å². The first kappa shape index (κ1) is 11.7. The van der Waals surface area contributed by atoms with E-state index >= 15 is 0 Å². The highest BCUT2D eigenvalue weighted by molar-refractivity contribution is 5.98. The predicted octanol–water partition coefficient (Wildman–Crippen LogP) is 2.12. The van der Waals surface area contributed by atoms with Gasteiger partial charge in [-0.25, -0.2) is 0 Å². The number of aromatic nitrogens is 1. The van der Waals surface area contributed by atoms with Gasteiger partial charge in [0.25, 0.3) is 0 Å². The molecule has 0 atom stereocenters. The summed E-state index contributed by atoms with van der Waals surface area (Å²) in [5.74, 6) is 0.108. The van der Waals surface area contributed by atoms with Crippen LogP contribution in [0, 0.1) is 0 Å². The van der Waals surface area contributed by atoms with Crippen molar-refractivity contribution in [3.05, 3.63) is 52.4 Å². The molecule has 0 saturated carbocycles. The number of nitrogen functional groups attached to an aromatic ring is 1. The number of aromatic hydroxyl groups is 1. The van der Waals surface area contributed by atoms with E-state index in [1.54, 1.807) is 12.3 Å². The second-order valence-corrected chi connectivity index (χ2v) is 4.96. The number of nitrogens with zero attached hydrogens (tertiary/aromatic N) is 2. The minimum Gasteiger partial charge on any atom is -0.494 e. The number of aromatic amines is 1. The highest BCUT2D eigenvalue weighted by atomic mass is 16.3. The number of anilines is 1. The summed E-state index contributed by atoms with van der Waals surface area (Å²) in [7, 11) is 0. The lowest BCUT2D eigenvalue weighted by Gasteiger charge is -1.96. The Labute approximate surface area is 119 Å². The molecule has 5 nitrogen and oxygen atoms in total. The Morgan fingerprint density at radius 1 is 1.19 bits per heavy atom. The molecule has 1 aliphatic rings. The minimum absolute atomic E-state index is 0.108. The predicted molar refractivity (Wildman–Crippen MR) is 82.6 cm³/mol. The van der Waals surface area contributed by atoms with Crippen LogP contribution >= 0.6 is 0 Å². The van der Waals surface area contributed by atoms with Crippen LogP contribution in [0.5, 0.6) is 5.88 Å². The topological polar surface area (TPSA) is 86.8 Å². The summed E-state index contributed by atoms with van der Waals surface area (Å²) in [6.07, 6.45) is 3.63. The van der Waals surface area contributed by atoms with Crippen molar-refractivity contribution in [2.45, 2.75) is 0 Å². The zero-order chi connectivity index (χ0) is 14.4. The van der Waals surface area contributed by atoms with Crippen LogP contribution in [-0.2, 0) is 0 Å². The number of H-pyrrole nitrogens is 1. The molecule has 21 heavy (non-hydrogen) atoms. The monoisotopic (exact) mass is 276 g/mol. The van der Waals surface area contributed by atoms with E-state index in [1.165, 1.54) is 0 Å². The lowest BCUT2D eigenvalue weighted by atomic mass is 10.1. The molecule has 1 aliphatic heterocycles. The Morgan fingerprint density at radius 2 is 2.10 bits per heavy atom. The summed E-state index contributed by atoms with van der Waals surface area (Å²) in [5.41, 5.74) is 8.83. The third-order valence-electron chi connectivity index (χ3n) is 3.61. The number of azo groups is 1. The van der Waals surface area contributed by atoms with Crippen molar-refractivity contribution in [1.29, 1.82) is 0 Å². The number of rotatable bonds is 1. The van der Waals surface area contributed by atoms with Crippen molar-refractivity contribution in [3.8, 4) is 5.88 Å². The summed E-state index contributed by atoms with van der Waals surface area (Å²) in [6, 6.07) is 11.5. The molecule has 0 bridgehead atoms. The number of hydrogen-bond acceptors (Lipinski definition) is 4. The van der Waals surface area contributed by atoms with Crippen molar-refractivity contribution in [1.82, 2.24) is 4.98 Å². The smallest absolute Gasteiger partial charge is 0.196 e. The molecule has 0 saturated heterocycles. The highest BCUT2D eigenvalue weighted by Gasteiger charge is 2.10. The van der Waals surface area contributed by atoms with Gasteiger partial charge >= 0.3 is 0 Å². The number of nitrogens with one attached hydrogen (secondary N) is 1. The van der Waals surface area contributed by atoms with Gasteiger partial charge in [0, 0.05) is 16.2 Å². The maximum Gasteiger partial charge on any atom is 0.196 e. The molecule has 2 heterocycles. The Balaban J connectivity index is 1.98. The first-order valence-electron chi connectivity index (χ1n) is 6.54. The summed E-state index contributed by atoms with van der Waals surface area (Å²) in [6.45, 7) is 0. The quantitative estimate of drug-likeness (QED) is 0.594. The molecule has 0 unspecified atom stereocenters. The fraction of sp³-hybridized carbons (Fsp3) is 0. The van der Waals surface area contributed by atoms with E-state index in [4.69, 9.17) is 5.73 Å². The average molecular weight is 276 g/mol. The Morgan fingerprint density at radius 3 is 3.00 bits per heavy atom. The van der Waals surface area contributed by atoms with Crippen molar-refractivity contribution in [3.63, 3.8) is 0 Å². The van der Waals surface area contributed by atoms with Crippen LogP contribution in [0.2, 0.25) is 0 Å². The van der Waals surface area contributed by atoms with E-state index in [0.717, 1.165) is 32.6 Å².